The number of nitrogens with zero attached hydrogens (tertiary/aromatic N) is 2. The molecule has 8 heteroatoms. The fraction of sp³-hybridized carbons (Fsp3) is 0.667. The Labute approximate surface area is 161 Å². The molecule has 2 aliphatic rings. The van der Waals surface area contributed by atoms with Gasteiger partial charge in [0.2, 0.25) is 10.0 Å². The molecule has 0 spiro atoms. The molecule has 146 valence electrons. The van der Waals surface area contributed by atoms with Crippen LogP contribution in [0, 0.1) is 6.92 Å². The Morgan fingerprint density at radius 1 is 1.15 bits per heavy atom. The maximum atomic E-state index is 13.5. The summed E-state index contributed by atoms with van der Waals surface area (Å²) in [6.07, 6.45) is 1.45. The fourth-order valence-electron chi connectivity index (χ4n) is 3.52. The second-order valence-electron chi connectivity index (χ2n) is 6.82. The molecular formula is C18H27ClN2O4S. The molecule has 0 atom stereocenters. The first kappa shape index (κ1) is 20.0. The predicted octanol–water partition coefficient (Wildman–Crippen LogP) is 2.15. The van der Waals surface area contributed by atoms with Gasteiger partial charge in [-0.3, -0.25) is 4.90 Å². The summed E-state index contributed by atoms with van der Waals surface area (Å²) in [5.41, 5.74) is 0.720. The van der Waals surface area contributed by atoms with Crippen molar-refractivity contribution in [3.8, 4) is 0 Å². The molecule has 1 aromatic carbocycles. The molecule has 0 bridgehead atoms. The lowest BCUT2D eigenvalue weighted by Gasteiger charge is -2.36. The van der Waals surface area contributed by atoms with Gasteiger partial charge < -0.3 is 9.47 Å². The Kier molecular flexibility index (Phi) is 6.93. The number of halogens is 1. The van der Waals surface area contributed by atoms with E-state index in [0.29, 0.717) is 49.4 Å². The van der Waals surface area contributed by atoms with Crippen LogP contribution in [0.5, 0.6) is 0 Å². The van der Waals surface area contributed by atoms with Gasteiger partial charge in [0.25, 0.3) is 0 Å². The van der Waals surface area contributed by atoms with Crippen LogP contribution in [0.1, 0.15) is 18.4 Å². The second kappa shape index (κ2) is 8.99. The summed E-state index contributed by atoms with van der Waals surface area (Å²) in [5, 5.41) is 0.439. The number of aryl methyl sites for hydroxylation is 1. The summed E-state index contributed by atoms with van der Waals surface area (Å²) < 4.78 is 39.4. The Balaban J connectivity index is 1.84. The zero-order valence-electron chi connectivity index (χ0n) is 15.2. The van der Waals surface area contributed by atoms with Crippen LogP contribution in [0.4, 0.5) is 0 Å². The van der Waals surface area contributed by atoms with E-state index in [9.17, 15) is 8.42 Å². The van der Waals surface area contributed by atoms with Crippen LogP contribution in [0.15, 0.2) is 23.1 Å². The van der Waals surface area contributed by atoms with Crippen molar-refractivity contribution in [3.05, 3.63) is 28.8 Å². The van der Waals surface area contributed by atoms with Gasteiger partial charge in [0, 0.05) is 50.5 Å². The Bertz CT molecular complexity index is 701. The highest BCUT2D eigenvalue weighted by Gasteiger charge is 2.34. The van der Waals surface area contributed by atoms with Gasteiger partial charge in [0.1, 0.15) is 0 Å². The van der Waals surface area contributed by atoms with E-state index in [1.165, 1.54) is 0 Å². The molecule has 2 heterocycles. The van der Waals surface area contributed by atoms with Gasteiger partial charge in [-0.1, -0.05) is 17.7 Å². The number of sulfonamides is 1. The van der Waals surface area contributed by atoms with Crippen LogP contribution in [0.3, 0.4) is 0 Å². The number of hydrogen-bond acceptors (Lipinski definition) is 5. The van der Waals surface area contributed by atoms with Crippen molar-refractivity contribution in [2.45, 2.75) is 30.7 Å². The van der Waals surface area contributed by atoms with Gasteiger partial charge in [-0.25, -0.2) is 8.42 Å². The number of ether oxygens (including phenoxy) is 2. The van der Waals surface area contributed by atoms with E-state index in [1.807, 2.05) is 6.92 Å². The molecule has 6 nitrogen and oxygen atoms in total. The normalized spacial score (nSPS) is 20.6. The molecule has 2 saturated heterocycles. The molecular weight excluding hydrogens is 376 g/mol. The molecule has 26 heavy (non-hydrogen) atoms. The van der Waals surface area contributed by atoms with Crippen molar-refractivity contribution in [3.63, 3.8) is 0 Å². The molecule has 0 N–H and O–H groups in total. The summed E-state index contributed by atoms with van der Waals surface area (Å²) in [5.74, 6) is 0. The van der Waals surface area contributed by atoms with E-state index in [4.69, 9.17) is 21.1 Å². The van der Waals surface area contributed by atoms with E-state index in [1.54, 1.807) is 22.5 Å². The van der Waals surface area contributed by atoms with E-state index >= 15 is 0 Å². The molecule has 0 aromatic heterocycles. The summed E-state index contributed by atoms with van der Waals surface area (Å²) in [4.78, 5) is 2.56. The average Bonchev–Trinajstić information content (AvgIpc) is 2.65. The van der Waals surface area contributed by atoms with Crippen molar-refractivity contribution < 1.29 is 17.9 Å². The molecule has 0 unspecified atom stereocenters. The van der Waals surface area contributed by atoms with Gasteiger partial charge in [0.05, 0.1) is 18.1 Å². The van der Waals surface area contributed by atoms with E-state index < -0.39 is 10.0 Å². The van der Waals surface area contributed by atoms with Crippen molar-refractivity contribution in [1.82, 2.24) is 9.21 Å². The molecule has 2 aliphatic heterocycles. The van der Waals surface area contributed by atoms with Crippen LogP contribution >= 0.6 is 11.6 Å². The number of rotatable bonds is 6. The topological polar surface area (TPSA) is 59.1 Å². The third kappa shape index (κ3) is 4.77. The van der Waals surface area contributed by atoms with Crippen molar-refractivity contribution in [2.24, 2.45) is 0 Å². The van der Waals surface area contributed by atoms with E-state index in [0.717, 1.165) is 31.5 Å². The lowest BCUT2D eigenvalue weighted by molar-refractivity contribution is 0.0291. The molecule has 0 radical (unpaired) electrons. The van der Waals surface area contributed by atoms with Gasteiger partial charge in [0.15, 0.2) is 0 Å². The van der Waals surface area contributed by atoms with Crippen LogP contribution in [-0.4, -0.2) is 76.3 Å². The second-order valence-corrected chi connectivity index (χ2v) is 9.12. The van der Waals surface area contributed by atoms with Crippen molar-refractivity contribution >= 4 is 21.6 Å². The predicted molar refractivity (Wildman–Crippen MR) is 101 cm³/mol. The van der Waals surface area contributed by atoms with Crippen molar-refractivity contribution in [2.75, 3.05) is 52.6 Å². The zero-order chi connectivity index (χ0) is 18.6. The van der Waals surface area contributed by atoms with Crippen LogP contribution < -0.4 is 0 Å². The maximum absolute atomic E-state index is 13.5. The Hall–Kier alpha value is -0.700. The highest BCUT2D eigenvalue weighted by molar-refractivity contribution is 7.89. The summed E-state index contributed by atoms with van der Waals surface area (Å²) in [7, 11) is -3.62. The number of morpholine rings is 1. The first-order chi connectivity index (χ1) is 12.5. The monoisotopic (exact) mass is 402 g/mol. The van der Waals surface area contributed by atoms with E-state index in [2.05, 4.69) is 4.90 Å². The molecule has 0 amide bonds. The Morgan fingerprint density at radius 2 is 1.81 bits per heavy atom. The molecule has 3 rings (SSSR count). The quantitative estimate of drug-likeness (QED) is 0.729. The lowest BCUT2D eigenvalue weighted by Crippen LogP contribution is -2.48. The minimum atomic E-state index is -3.62. The minimum Gasteiger partial charge on any atom is -0.381 e. The highest BCUT2D eigenvalue weighted by Crippen LogP contribution is 2.27. The first-order valence-corrected chi connectivity index (χ1v) is 11.0. The van der Waals surface area contributed by atoms with Crippen LogP contribution in [0.2, 0.25) is 5.02 Å². The maximum Gasteiger partial charge on any atom is 0.243 e. The summed E-state index contributed by atoms with van der Waals surface area (Å²) >= 11 is 6.09. The third-order valence-electron chi connectivity index (χ3n) is 5.08. The number of benzene rings is 1. The van der Waals surface area contributed by atoms with Gasteiger partial charge in [-0.15, -0.1) is 0 Å². The smallest absolute Gasteiger partial charge is 0.243 e. The van der Waals surface area contributed by atoms with Gasteiger partial charge in [-0.2, -0.15) is 4.31 Å². The minimum absolute atomic E-state index is 0.0341. The first-order valence-electron chi connectivity index (χ1n) is 9.14. The molecule has 2 fully saturated rings. The van der Waals surface area contributed by atoms with E-state index in [-0.39, 0.29) is 6.04 Å². The highest BCUT2D eigenvalue weighted by atomic mass is 35.5. The van der Waals surface area contributed by atoms with Gasteiger partial charge in [-0.05, 0) is 37.5 Å². The fourth-order valence-corrected chi connectivity index (χ4v) is 5.68. The number of hydrogen-bond donors (Lipinski definition) is 0. The summed E-state index contributed by atoms with van der Waals surface area (Å²) in [6, 6.07) is 5.02. The third-order valence-corrected chi connectivity index (χ3v) is 7.40. The molecule has 1 aromatic rings. The zero-order valence-corrected chi connectivity index (χ0v) is 16.8. The van der Waals surface area contributed by atoms with Gasteiger partial charge >= 0.3 is 0 Å². The summed E-state index contributed by atoms with van der Waals surface area (Å²) in [6.45, 7) is 7.29. The lowest BCUT2D eigenvalue weighted by atomic mass is 10.1. The molecule has 0 aliphatic carbocycles. The SMILES string of the molecule is Cc1ccc(Cl)cc1S(=O)(=O)N(CCN1CCOCC1)C1CCOCC1. The average molecular weight is 403 g/mol. The Morgan fingerprint density at radius 3 is 2.50 bits per heavy atom. The standard InChI is InChI=1S/C18H27ClN2O4S/c1-15-2-3-16(19)14-18(15)26(22,23)21(17-4-10-24-11-5-17)7-6-20-8-12-25-13-9-20/h2-3,14,17H,4-13H2,1H3. The van der Waals surface area contributed by atoms with Crippen LogP contribution in [-0.2, 0) is 19.5 Å². The molecule has 0 saturated carbocycles. The van der Waals surface area contributed by atoms with Crippen molar-refractivity contribution in [1.29, 1.82) is 0 Å². The largest absolute Gasteiger partial charge is 0.381 e. The van der Waals surface area contributed by atoms with Crippen LogP contribution in [0.25, 0.3) is 0 Å².